The van der Waals surface area contributed by atoms with Crippen molar-refractivity contribution in [1.82, 2.24) is 10.2 Å². The summed E-state index contributed by atoms with van der Waals surface area (Å²) in [5.74, 6) is 0.204. The Hall–Kier alpha value is -0.570. The minimum Gasteiger partial charge on any atom is -0.356 e. The first-order valence-electron chi connectivity index (χ1n) is 6.08. The lowest BCUT2D eigenvalue weighted by Crippen LogP contribution is -2.12. The van der Waals surface area contributed by atoms with Crippen molar-refractivity contribution in [3.63, 3.8) is 0 Å². The van der Waals surface area contributed by atoms with Crippen LogP contribution in [-0.2, 0) is 4.79 Å². The summed E-state index contributed by atoms with van der Waals surface area (Å²) in [6.45, 7) is 8.33. The molecule has 1 heterocycles. The molecule has 1 N–H and O–H groups in total. The normalized spacial score (nSPS) is 13.6. The number of carbonyl (C=O) groups excluding carboxylic acids is 1. The fourth-order valence-corrected chi connectivity index (χ4v) is 1.04. The number of amides is 1. The molecule has 3 heteroatoms. The third-order valence-corrected chi connectivity index (χ3v) is 1.86. The van der Waals surface area contributed by atoms with Crippen molar-refractivity contribution in [2.45, 2.75) is 46.5 Å². The molecule has 1 fully saturated rings. The molecule has 0 aromatic carbocycles. The molecule has 0 aromatic rings. The lowest BCUT2D eigenvalue weighted by molar-refractivity contribution is -0.119. The standard InChI is InChI=1S/C6H15N.C4H7NO.C2H6/c1-4-5-6-7(2)3;6-4-2-1-3-5-4;1-2/h4-6H2,1-3H3;1-3H2,(H,5,6);1-2H3. The van der Waals surface area contributed by atoms with Crippen molar-refractivity contribution in [1.29, 1.82) is 0 Å². The monoisotopic (exact) mass is 216 g/mol. The summed E-state index contributed by atoms with van der Waals surface area (Å²) in [5.41, 5.74) is 0. The van der Waals surface area contributed by atoms with E-state index < -0.39 is 0 Å². The Kier molecular flexibility index (Phi) is 15.1. The van der Waals surface area contributed by atoms with E-state index in [4.69, 9.17) is 0 Å². The molecular formula is C12H28N2O. The summed E-state index contributed by atoms with van der Waals surface area (Å²) >= 11 is 0. The summed E-state index contributed by atoms with van der Waals surface area (Å²) in [4.78, 5) is 12.3. The van der Waals surface area contributed by atoms with Gasteiger partial charge in [-0.3, -0.25) is 4.79 Å². The quantitative estimate of drug-likeness (QED) is 0.785. The molecule has 1 aliphatic rings. The number of unbranched alkanes of at least 4 members (excludes halogenated alkanes) is 1. The van der Waals surface area contributed by atoms with Gasteiger partial charge in [0.15, 0.2) is 0 Å². The second-order valence-corrected chi connectivity index (χ2v) is 3.61. The first kappa shape index (κ1) is 16.8. The van der Waals surface area contributed by atoms with Gasteiger partial charge in [0.25, 0.3) is 0 Å². The second-order valence-electron chi connectivity index (χ2n) is 3.61. The maximum Gasteiger partial charge on any atom is 0.220 e. The molecule has 0 atom stereocenters. The lowest BCUT2D eigenvalue weighted by atomic mass is 10.3. The average molecular weight is 216 g/mol. The van der Waals surface area contributed by atoms with Crippen LogP contribution in [-0.4, -0.2) is 38.0 Å². The minimum absolute atomic E-state index is 0.204. The third kappa shape index (κ3) is 16.1. The summed E-state index contributed by atoms with van der Waals surface area (Å²) < 4.78 is 0. The van der Waals surface area contributed by atoms with E-state index in [9.17, 15) is 4.79 Å². The summed E-state index contributed by atoms with van der Waals surface area (Å²) in [5, 5.41) is 2.68. The van der Waals surface area contributed by atoms with Crippen LogP contribution in [0.15, 0.2) is 0 Å². The molecule has 0 spiro atoms. The SMILES string of the molecule is CC.CCCCN(C)C.O=C1CCCN1. The van der Waals surface area contributed by atoms with E-state index in [1.807, 2.05) is 13.8 Å². The number of nitrogens with one attached hydrogen (secondary N) is 1. The lowest BCUT2D eigenvalue weighted by Gasteiger charge is -2.05. The maximum atomic E-state index is 10.1. The first-order chi connectivity index (χ1) is 7.16. The molecule has 0 bridgehead atoms. The van der Waals surface area contributed by atoms with Crippen LogP contribution in [0.5, 0.6) is 0 Å². The predicted molar refractivity (Wildman–Crippen MR) is 67.1 cm³/mol. The van der Waals surface area contributed by atoms with E-state index in [0.717, 1.165) is 19.4 Å². The Labute approximate surface area is 95.2 Å². The Balaban J connectivity index is 0. The number of hydrogen-bond acceptors (Lipinski definition) is 2. The van der Waals surface area contributed by atoms with Crippen molar-refractivity contribution in [2.75, 3.05) is 27.2 Å². The molecule has 0 aliphatic carbocycles. The predicted octanol–water partition coefficient (Wildman–Crippen LogP) is 2.27. The van der Waals surface area contributed by atoms with Crippen molar-refractivity contribution in [3.8, 4) is 0 Å². The van der Waals surface area contributed by atoms with Gasteiger partial charge >= 0.3 is 0 Å². The number of hydrogen-bond donors (Lipinski definition) is 1. The molecule has 0 radical (unpaired) electrons. The summed E-state index contributed by atoms with van der Waals surface area (Å²) in [6.07, 6.45) is 4.39. The van der Waals surface area contributed by atoms with Gasteiger partial charge < -0.3 is 10.2 Å². The van der Waals surface area contributed by atoms with Crippen LogP contribution in [0.25, 0.3) is 0 Å². The van der Waals surface area contributed by atoms with Gasteiger partial charge in [-0.15, -0.1) is 0 Å². The summed E-state index contributed by atoms with van der Waals surface area (Å²) in [7, 11) is 4.21. The van der Waals surface area contributed by atoms with Crippen molar-refractivity contribution < 1.29 is 4.79 Å². The second kappa shape index (κ2) is 13.4. The molecule has 1 saturated heterocycles. The van der Waals surface area contributed by atoms with Gasteiger partial charge in [0.2, 0.25) is 5.91 Å². The highest BCUT2D eigenvalue weighted by atomic mass is 16.1. The molecule has 0 saturated carbocycles. The van der Waals surface area contributed by atoms with Crippen LogP contribution in [0.4, 0.5) is 0 Å². The molecule has 0 unspecified atom stereocenters. The van der Waals surface area contributed by atoms with Gasteiger partial charge in [0.1, 0.15) is 0 Å². The average Bonchev–Trinajstić information content (AvgIpc) is 2.70. The van der Waals surface area contributed by atoms with Gasteiger partial charge in [-0.05, 0) is 33.5 Å². The Morgan fingerprint density at radius 1 is 1.33 bits per heavy atom. The van der Waals surface area contributed by atoms with Crippen molar-refractivity contribution in [3.05, 3.63) is 0 Å². The fourth-order valence-electron chi connectivity index (χ4n) is 1.04. The van der Waals surface area contributed by atoms with Gasteiger partial charge in [-0.1, -0.05) is 27.2 Å². The van der Waals surface area contributed by atoms with Gasteiger partial charge in [0.05, 0.1) is 0 Å². The summed E-state index contributed by atoms with van der Waals surface area (Å²) in [6, 6.07) is 0. The molecule has 3 nitrogen and oxygen atoms in total. The fraction of sp³-hybridized carbons (Fsp3) is 0.917. The molecule has 0 aromatic heterocycles. The van der Waals surface area contributed by atoms with Gasteiger partial charge in [-0.2, -0.15) is 0 Å². The number of carbonyl (C=O) groups is 1. The van der Waals surface area contributed by atoms with Crippen molar-refractivity contribution >= 4 is 5.91 Å². The Morgan fingerprint density at radius 2 is 1.93 bits per heavy atom. The highest BCUT2D eigenvalue weighted by molar-refractivity contribution is 5.77. The number of nitrogens with zero attached hydrogens (tertiary/aromatic N) is 1. The highest BCUT2D eigenvalue weighted by Gasteiger charge is 2.05. The third-order valence-electron chi connectivity index (χ3n) is 1.86. The van der Waals surface area contributed by atoms with E-state index in [-0.39, 0.29) is 5.91 Å². The molecule has 1 amide bonds. The molecule has 1 rings (SSSR count). The maximum absolute atomic E-state index is 10.1. The Bertz CT molecular complexity index is 128. The molecule has 15 heavy (non-hydrogen) atoms. The molecule has 92 valence electrons. The topological polar surface area (TPSA) is 32.3 Å². The first-order valence-corrected chi connectivity index (χ1v) is 6.08. The van der Waals surface area contributed by atoms with E-state index >= 15 is 0 Å². The van der Waals surface area contributed by atoms with Crippen LogP contribution in [0, 0.1) is 0 Å². The van der Waals surface area contributed by atoms with Crippen LogP contribution in [0.1, 0.15) is 46.5 Å². The smallest absolute Gasteiger partial charge is 0.220 e. The molecular weight excluding hydrogens is 188 g/mol. The van der Waals surface area contributed by atoms with Crippen molar-refractivity contribution in [2.24, 2.45) is 0 Å². The zero-order valence-corrected chi connectivity index (χ0v) is 11.1. The van der Waals surface area contributed by atoms with Crippen LogP contribution < -0.4 is 5.32 Å². The van der Waals surface area contributed by atoms with Crippen LogP contribution >= 0.6 is 0 Å². The minimum atomic E-state index is 0.204. The van der Waals surface area contributed by atoms with Crippen LogP contribution in [0.3, 0.4) is 0 Å². The largest absolute Gasteiger partial charge is 0.356 e. The van der Waals surface area contributed by atoms with Gasteiger partial charge in [-0.25, -0.2) is 0 Å². The van der Waals surface area contributed by atoms with E-state index in [1.165, 1.54) is 19.4 Å². The van der Waals surface area contributed by atoms with E-state index in [2.05, 4.69) is 31.2 Å². The zero-order valence-electron chi connectivity index (χ0n) is 11.1. The van der Waals surface area contributed by atoms with E-state index in [0.29, 0.717) is 0 Å². The van der Waals surface area contributed by atoms with Crippen LogP contribution in [0.2, 0.25) is 0 Å². The number of rotatable bonds is 3. The highest BCUT2D eigenvalue weighted by Crippen LogP contribution is 1.93. The van der Waals surface area contributed by atoms with Gasteiger partial charge in [0, 0.05) is 13.0 Å². The van der Waals surface area contributed by atoms with E-state index in [1.54, 1.807) is 0 Å². The molecule has 1 aliphatic heterocycles. The zero-order chi connectivity index (χ0) is 12.1. The Morgan fingerprint density at radius 3 is 2.07 bits per heavy atom.